The number of para-hydroxylation sites is 1. The molecule has 88 valence electrons. The van der Waals surface area contributed by atoms with E-state index >= 15 is 0 Å². The smallest absolute Gasteiger partial charge is 0.122 e. The predicted molar refractivity (Wildman–Crippen MR) is 64.8 cm³/mol. The second-order valence-electron chi connectivity index (χ2n) is 4.93. The van der Waals surface area contributed by atoms with Crippen molar-refractivity contribution in [1.82, 2.24) is 0 Å². The van der Waals surface area contributed by atoms with Gasteiger partial charge in [-0.05, 0) is 43.7 Å². The summed E-state index contributed by atoms with van der Waals surface area (Å²) in [4.78, 5) is 0. The third kappa shape index (κ3) is 2.38. The molecule has 0 fully saturated rings. The number of benzene rings is 1. The first-order chi connectivity index (χ1) is 7.62. The van der Waals surface area contributed by atoms with E-state index < -0.39 is 5.60 Å². The van der Waals surface area contributed by atoms with Crippen LogP contribution in [0.4, 0.5) is 0 Å². The van der Waals surface area contributed by atoms with Gasteiger partial charge in [0.25, 0.3) is 0 Å². The molecule has 0 amide bonds. The maximum absolute atomic E-state index is 10.2. The van der Waals surface area contributed by atoms with Crippen molar-refractivity contribution < 1.29 is 9.84 Å². The first-order valence-corrected chi connectivity index (χ1v) is 6.06. The van der Waals surface area contributed by atoms with Crippen molar-refractivity contribution in [3.63, 3.8) is 0 Å². The van der Waals surface area contributed by atoms with Crippen LogP contribution in [0.5, 0.6) is 5.75 Å². The van der Waals surface area contributed by atoms with E-state index in [1.807, 2.05) is 32.0 Å². The summed E-state index contributed by atoms with van der Waals surface area (Å²) < 4.78 is 5.62. The summed E-state index contributed by atoms with van der Waals surface area (Å²) in [5.74, 6) is 1.42. The highest BCUT2D eigenvalue weighted by Crippen LogP contribution is 2.38. The SMILES string of the molecule is CCC(C)(O)CC1CCOc2ccccc21. The maximum atomic E-state index is 10.2. The quantitative estimate of drug-likeness (QED) is 0.848. The average molecular weight is 220 g/mol. The van der Waals surface area contributed by atoms with Crippen LogP contribution >= 0.6 is 0 Å². The maximum Gasteiger partial charge on any atom is 0.122 e. The van der Waals surface area contributed by atoms with Gasteiger partial charge in [-0.15, -0.1) is 0 Å². The van der Waals surface area contributed by atoms with Crippen molar-refractivity contribution in [3.05, 3.63) is 29.8 Å². The molecule has 1 aromatic rings. The van der Waals surface area contributed by atoms with E-state index in [2.05, 4.69) is 6.07 Å². The van der Waals surface area contributed by atoms with Gasteiger partial charge in [0.05, 0.1) is 12.2 Å². The normalized spacial score (nSPS) is 23.1. The molecule has 0 spiro atoms. The molecule has 0 radical (unpaired) electrons. The summed E-state index contributed by atoms with van der Waals surface area (Å²) in [7, 11) is 0. The lowest BCUT2D eigenvalue weighted by Gasteiger charge is -2.31. The first-order valence-electron chi connectivity index (χ1n) is 6.06. The van der Waals surface area contributed by atoms with Crippen molar-refractivity contribution in [3.8, 4) is 5.75 Å². The fourth-order valence-electron chi connectivity index (χ4n) is 2.30. The van der Waals surface area contributed by atoms with Crippen LogP contribution in [-0.4, -0.2) is 17.3 Å². The Morgan fingerprint density at radius 1 is 1.44 bits per heavy atom. The van der Waals surface area contributed by atoms with Gasteiger partial charge in [0.1, 0.15) is 5.75 Å². The zero-order chi connectivity index (χ0) is 11.6. The fraction of sp³-hybridized carbons (Fsp3) is 0.571. The minimum absolute atomic E-state index is 0.430. The van der Waals surface area contributed by atoms with Crippen molar-refractivity contribution in [2.75, 3.05) is 6.61 Å². The largest absolute Gasteiger partial charge is 0.493 e. The Labute approximate surface area is 97.3 Å². The number of hydrogen-bond donors (Lipinski definition) is 1. The molecule has 2 nitrogen and oxygen atoms in total. The standard InChI is InChI=1S/C14H20O2/c1-3-14(2,15)10-11-8-9-16-13-7-5-4-6-12(11)13/h4-7,11,15H,3,8-10H2,1-2H3. The third-order valence-electron chi connectivity index (χ3n) is 3.53. The molecule has 2 atom stereocenters. The second kappa shape index (κ2) is 4.46. The second-order valence-corrected chi connectivity index (χ2v) is 4.93. The molecule has 0 saturated carbocycles. The van der Waals surface area contributed by atoms with Crippen molar-refractivity contribution in [2.24, 2.45) is 0 Å². The molecule has 0 saturated heterocycles. The lowest BCUT2D eigenvalue weighted by Crippen LogP contribution is -2.28. The summed E-state index contributed by atoms with van der Waals surface area (Å²) in [5.41, 5.74) is 0.692. The molecule has 1 aromatic carbocycles. The molecule has 0 aliphatic carbocycles. The lowest BCUT2D eigenvalue weighted by atomic mass is 9.82. The van der Waals surface area contributed by atoms with Gasteiger partial charge in [0, 0.05) is 0 Å². The molecule has 16 heavy (non-hydrogen) atoms. The molecular formula is C14H20O2. The summed E-state index contributed by atoms with van der Waals surface area (Å²) in [6, 6.07) is 8.17. The Morgan fingerprint density at radius 2 is 2.19 bits per heavy atom. The molecular weight excluding hydrogens is 200 g/mol. The van der Waals surface area contributed by atoms with E-state index in [0.717, 1.165) is 31.6 Å². The highest BCUT2D eigenvalue weighted by Gasteiger charge is 2.28. The van der Waals surface area contributed by atoms with Crippen molar-refractivity contribution in [1.29, 1.82) is 0 Å². The minimum atomic E-state index is -0.560. The number of hydrogen-bond acceptors (Lipinski definition) is 2. The molecule has 2 heteroatoms. The summed E-state index contributed by atoms with van der Waals surface area (Å²) >= 11 is 0. The Bertz CT molecular complexity index is 358. The minimum Gasteiger partial charge on any atom is -0.493 e. The van der Waals surface area contributed by atoms with Gasteiger partial charge in [-0.3, -0.25) is 0 Å². The van der Waals surface area contributed by atoms with Crippen LogP contribution in [0, 0.1) is 0 Å². The van der Waals surface area contributed by atoms with E-state index in [-0.39, 0.29) is 0 Å². The number of ether oxygens (including phenoxy) is 1. The average Bonchev–Trinajstić information content (AvgIpc) is 2.29. The highest BCUT2D eigenvalue weighted by atomic mass is 16.5. The summed E-state index contributed by atoms with van der Waals surface area (Å²) in [6.07, 6.45) is 2.63. The van der Waals surface area contributed by atoms with Crippen LogP contribution in [0.1, 0.15) is 44.6 Å². The van der Waals surface area contributed by atoms with Crippen molar-refractivity contribution >= 4 is 0 Å². The number of fused-ring (bicyclic) bond motifs is 1. The summed E-state index contributed by atoms with van der Waals surface area (Å²) in [5, 5.41) is 10.2. The van der Waals surface area contributed by atoms with Crippen LogP contribution < -0.4 is 4.74 Å². The molecule has 1 N–H and O–H groups in total. The zero-order valence-electron chi connectivity index (χ0n) is 10.1. The predicted octanol–water partition coefficient (Wildman–Crippen LogP) is 3.10. The van der Waals surface area contributed by atoms with Crippen LogP contribution in [0.25, 0.3) is 0 Å². The van der Waals surface area contributed by atoms with E-state index in [9.17, 15) is 5.11 Å². The van der Waals surface area contributed by atoms with Gasteiger partial charge < -0.3 is 9.84 Å². The Morgan fingerprint density at radius 3 is 2.94 bits per heavy atom. The monoisotopic (exact) mass is 220 g/mol. The van der Waals surface area contributed by atoms with Gasteiger partial charge >= 0.3 is 0 Å². The lowest BCUT2D eigenvalue weighted by molar-refractivity contribution is 0.0351. The van der Waals surface area contributed by atoms with Crippen LogP contribution in [0.3, 0.4) is 0 Å². The molecule has 1 heterocycles. The first kappa shape index (κ1) is 11.5. The molecule has 2 rings (SSSR count). The van der Waals surface area contributed by atoms with Gasteiger partial charge in [0.2, 0.25) is 0 Å². The van der Waals surface area contributed by atoms with Crippen LogP contribution in [0.2, 0.25) is 0 Å². The zero-order valence-corrected chi connectivity index (χ0v) is 10.1. The van der Waals surface area contributed by atoms with Gasteiger partial charge in [0.15, 0.2) is 0 Å². The van der Waals surface area contributed by atoms with E-state index in [1.54, 1.807) is 0 Å². The van der Waals surface area contributed by atoms with Gasteiger partial charge in [-0.25, -0.2) is 0 Å². The Balaban J connectivity index is 2.19. The molecule has 2 unspecified atom stereocenters. The number of rotatable bonds is 3. The Kier molecular flexibility index (Phi) is 3.20. The van der Waals surface area contributed by atoms with E-state index in [0.29, 0.717) is 5.92 Å². The third-order valence-corrected chi connectivity index (χ3v) is 3.53. The Hall–Kier alpha value is -1.02. The van der Waals surface area contributed by atoms with Gasteiger partial charge in [-0.2, -0.15) is 0 Å². The van der Waals surface area contributed by atoms with Gasteiger partial charge in [-0.1, -0.05) is 25.1 Å². The molecule has 1 aliphatic rings. The van der Waals surface area contributed by atoms with E-state index in [1.165, 1.54) is 5.56 Å². The van der Waals surface area contributed by atoms with E-state index in [4.69, 9.17) is 4.74 Å². The summed E-state index contributed by atoms with van der Waals surface area (Å²) in [6.45, 7) is 4.72. The fourth-order valence-corrected chi connectivity index (χ4v) is 2.30. The molecule has 1 aliphatic heterocycles. The molecule has 0 bridgehead atoms. The van der Waals surface area contributed by atoms with Crippen molar-refractivity contribution in [2.45, 2.75) is 44.6 Å². The number of aliphatic hydroxyl groups is 1. The highest BCUT2D eigenvalue weighted by molar-refractivity contribution is 5.37. The molecule has 0 aromatic heterocycles. The van der Waals surface area contributed by atoms with Crippen LogP contribution in [0.15, 0.2) is 24.3 Å². The topological polar surface area (TPSA) is 29.5 Å². The van der Waals surface area contributed by atoms with Crippen LogP contribution in [-0.2, 0) is 0 Å².